The summed E-state index contributed by atoms with van der Waals surface area (Å²) in [5.41, 5.74) is -1.77. The van der Waals surface area contributed by atoms with Crippen LogP contribution in [0.3, 0.4) is 0 Å². The van der Waals surface area contributed by atoms with Crippen LogP contribution in [0.1, 0.15) is 0 Å². The van der Waals surface area contributed by atoms with E-state index in [9.17, 15) is 9.59 Å². The van der Waals surface area contributed by atoms with Crippen molar-refractivity contribution < 1.29 is 19.4 Å². The van der Waals surface area contributed by atoms with Gasteiger partial charge < -0.3 is 15.2 Å². The van der Waals surface area contributed by atoms with E-state index in [1.165, 1.54) is 18.4 Å². The standard InChI is InChI=1S/C8H9NO4/c1-13-7(12)8(6(10)11)4-2-3-5-9-8/h2-5,9H,1H3,(H,10,11). The van der Waals surface area contributed by atoms with Gasteiger partial charge in [-0.2, -0.15) is 0 Å². The number of hydrogen-bond acceptors (Lipinski definition) is 4. The molecular weight excluding hydrogens is 174 g/mol. The van der Waals surface area contributed by atoms with E-state index in [1.54, 1.807) is 6.08 Å². The van der Waals surface area contributed by atoms with Gasteiger partial charge in [-0.25, -0.2) is 9.59 Å². The number of carbonyl (C=O) groups excluding carboxylic acids is 1. The van der Waals surface area contributed by atoms with Crippen LogP contribution in [0.5, 0.6) is 0 Å². The fourth-order valence-corrected chi connectivity index (χ4v) is 0.991. The number of methoxy groups -OCH3 is 1. The first-order valence-corrected chi connectivity index (χ1v) is 3.57. The minimum atomic E-state index is -1.77. The summed E-state index contributed by atoms with van der Waals surface area (Å²) in [5.74, 6) is -2.14. The molecule has 1 rings (SSSR count). The molecule has 0 aromatic rings. The summed E-state index contributed by atoms with van der Waals surface area (Å²) in [6.07, 6.45) is 5.68. The zero-order valence-electron chi connectivity index (χ0n) is 6.98. The van der Waals surface area contributed by atoms with Crippen LogP contribution in [0.15, 0.2) is 24.4 Å². The molecule has 0 bridgehead atoms. The molecule has 2 N–H and O–H groups in total. The number of carbonyl (C=O) groups is 2. The molecule has 5 nitrogen and oxygen atoms in total. The van der Waals surface area contributed by atoms with Crippen molar-refractivity contribution in [2.75, 3.05) is 7.11 Å². The Labute approximate surface area is 74.7 Å². The summed E-state index contributed by atoms with van der Waals surface area (Å²) in [5, 5.41) is 11.3. The van der Waals surface area contributed by atoms with Crippen molar-refractivity contribution in [1.29, 1.82) is 0 Å². The second-order valence-electron chi connectivity index (χ2n) is 2.47. The van der Waals surface area contributed by atoms with Gasteiger partial charge in [-0.1, -0.05) is 6.08 Å². The lowest BCUT2D eigenvalue weighted by Crippen LogP contribution is -2.56. The summed E-state index contributed by atoms with van der Waals surface area (Å²) < 4.78 is 4.39. The number of allylic oxidation sites excluding steroid dienone is 2. The Bertz CT molecular complexity index is 295. The molecule has 0 amide bonds. The van der Waals surface area contributed by atoms with Gasteiger partial charge in [0.2, 0.25) is 0 Å². The lowest BCUT2D eigenvalue weighted by molar-refractivity contribution is -0.157. The predicted molar refractivity (Wildman–Crippen MR) is 43.8 cm³/mol. The third-order valence-electron chi connectivity index (χ3n) is 1.71. The summed E-state index contributed by atoms with van der Waals surface area (Å²) in [6, 6.07) is 0. The number of nitrogens with one attached hydrogen (secondary N) is 1. The molecule has 13 heavy (non-hydrogen) atoms. The first-order valence-electron chi connectivity index (χ1n) is 3.57. The number of carboxylic acids is 1. The van der Waals surface area contributed by atoms with Crippen molar-refractivity contribution in [2.24, 2.45) is 0 Å². The average molecular weight is 183 g/mol. The Morgan fingerprint density at radius 1 is 1.46 bits per heavy atom. The largest absolute Gasteiger partial charge is 0.479 e. The molecule has 0 spiro atoms. The average Bonchev–Trinajstić information content (AvgIpc) is 2.17. The van der Waals surface area contributed by atoms with Crippen LogP contribution in [-0.2, 0) is 14.3 Å². The molecule has 0 saturated carbocycles. The zero-order chi connectivity index (χ0) is 9.90. The normalized spacial score (nSPS) is 25.0. The van der Waals surface area contributed by atoms with Crippen LogP contribution >= 0.6 is 0 Å². The molecule has 1 heterocycles. The lowest BCUT2D eigenvalue weighted by Gasteiger charge is -2.24. The SMILES string of the molecule is COC(=O)C1(C(=O)O)C=CC=CN1. The van der Waals surface area contributed by atoms with Gasteiger partial charge in [0, 0.05) is 0 Å². The summed E-state index contributed by atoms with van der Waals surface area (Å²) >= 11 is 0. The highest BCUT2D eigenvalue weighted by atomic mass is 16.5. The van der Waals surface area contributed by atoms with Crippen LogP contribution in [0.4, 0.5) is 0 Å². The van der Waals surface area contributed by atoms with Crippen molar-refractivity contribution in [2.45, 2.75) is 5.54 Å². The smallest absolute Gasteiger partial charge is 0.347 e. The second-order valence-corrected chi connectivity index (χ2v) is 2.47. The Balaban J connectivity index is 3.02. The lowest BCUT2D eigenvalue weighted by atomic mass is 9.98. The number of rotatable bonds is 2. The number of dihydropyridines is 1. The molecule has 1 aliphatic heterocycles. The third kappa shape index (κ3) is 1.40. The van der Waals surface area contributed by atoms with Gasteiger partial charge in [0.25, 0.3) is 5.54 Å². The molecule has 70 valence electrons. The fourth-order valence-electron chi connectivity index (χ4n) is 0.991. The second kappa shape index (κ2) is 3.30. The molecular formula is C8H9NO4. The monoisotopic (exact) mass is 183 g/mol. The summed E-state index contributed by atoms with van der Waals surface area (Å²) in [7, 11) is 1.14. The third-order valence-corrected chi connectivity index (χ3v) is 1.71. The molecule has 0 fully saturated rings. The molecule has 0 aliphatic carbocycles. The number of aliphatic carboxylic acids is 1. The van der Waals surface area contributed by atoms with Gasteiger partial charge >= 0.3 is 11.9 Å². The fraction of sp³-hybridized carbons (Fsp3) is 0.250. The molecule has 0 radical (unpaired) electrons. The van der Waals surface area contributed by atoms with Crippen LogP contribution < -0.4 is 5.32 Å². The van der Waals surface area contributed by atoms with E-state index < -0.39 is 17.5 Å². The van der Waals surface area contributed by atoms with Crippen molar-refractivity contribution in [3.8, 4) is 0 Å². The molecule has 1 atom stereocenters. The van der Waals surface area contributed by atoms with Gasteiger partial charge in [-0.05, 0) is 18.4 Å². The van der Waals surface area contributed by atoms with Crippen LogP contribution in [-0.4, -0.2) is 29.7 Å². The highest BCUT2D eigenvalue weighted by Gasteiger charge is 2.45. The number of carboxylic acid groups (broad SMARTS) is 1. The van der Waals surface area contributed by atoms with E-state index in [2.05, 4.69) is 10.1 Å². The molecule has 0 aromatic carbocycles. The van der Waals surface area contributed by atoms with E-state index in [4.69, 9.17) is 5.11 Å². The number of ether oxygens (including phenoxy) is 1. The van der Waals surface area contributed by atoms with Crippen LogP contribution in [0, 0.1) is 0 Å². The zero-order valence-corrected chi connectivity index (χ0v) is 6.98. The Kier molecular flexibility index (Phi) is 2.36. The Hall–Kier alpha value is -1.78. The number of hydrogen-bond donors (Lipinski definition) is 2. The van der Waals surface area contributed by atoms with Crippen LogP contribution in [0.25, 0.3) is 0 Å². The molecule has 1 unspecified atom stereocenters. The maximum absolute atomic E-state index is 11.2. The van der Waals surface area contributed by atoms with Crippen molar-refractivity contribution >= 4 is 11.9 Å². The van der Waals surface area contributed by atoms with Gasteiger partial charge in [-0.3, -0.25) is 0 Å². The molecule has 0 saturated heterocycles. The number of esters is 1. The first-order chi connectivity index (χ1) is 6.13. The van der Waals surface area contributed by atoms with E-state index in [0.717, 1.165) is 7.11 Å². The van der Waals surface area contributed by atoms with Gasteiger partial charge in [-0.15, -0.1) is 0 Å². The minimum Gasteiger partial charge on any atom is -0.479 e. The maximum Gasteiger partial charge on any atom is 0.347 e. The van der Waals surface area contributed by atoms with Gasteiger partial charge in [0.05, 0.1) is 7.11 Å². The van der Waals surface area contributed by atoms with E-state index >= 15 is 0 Å². The predicted octanol–water partition coefficient (Wildman–Crippen LogP) is -0.344. The van der Waals surface area contributed by atoms with E-state index in [-0.39, 0.29) is 0 Å². The van der Waals surface area contributed by atoms with Crippen LogP contribution in [0.2, 0.25) is 0 Å². The highest BCUT2D eigenvalue weighted by Crippen LogP contribution is 2.13. The van der Waals surface area contributed by atoms with Gasteiger partial charge in [0.1, 0.15) is 0 Å². The van der Waals surface area contributed by atoms with Crippen molar-refractivity contribution in [3.63, 3.8) is 0 Å². The highest BCUT2D eigenvalue weighted by molar-refractivity contribution is 6.07. The first kappa shape index (κ1) is 9.31. The maximum atomic E-state index is 11.2. The van der Waals surface area contributed by atoms with Crippen molar-refractivity contribution in [3.05, 3.63) is 24.4 Å². The Morgan fingerprint density at radius 2 is 2.15 bits per heavy atom. The van der Waals surface area contributed by atoms with E-state index in [1.807, 2.05) is 0 Å². The van der Waals surface area contributed by atoms with Gasteiger partial charge in [0.15, 0.2) is 0 Å². The quantitative estimate of drug-likeness (QED) is 0.452. The minimum absolute atomic E-state index is 0.847. The van der Waals surface area contributed by atoms with E-state index in [0.29, 0.717) is 0 Å². The molecule has 1 aliphatic rings. The van der Waals surface area contributed by atoms with Crippen molar-refractivity contribution in [1.82, 2.24) is 5.32 Å². The molecule has 0 aromatic heterocycles. The molecule has 5 heteroatoms. The summed E-state index contributed by atoms with van der Waals surface area (Å²) in [6.45, 7) is 0. The topological polar surface area (TPSA) is 75.6 Å². The summed E-state index contributed by atoms with van der Waals surface area (Å²) in [4.78, 5) is 22.0. The Morgan fingerprint density at radius 3 is 2.54 bits per heavy atom.